The van der Waals surface area contributed by atoms with Crippen molar-refractivity contribution in [1.82, 2.24) is 4.90 Å². The monoisotopic (exact) mass is 367 g/mol. The van der Waals surface area contributed by atoms with Crippen molar-refractivity contribution in [3.63, 3.8) is 0 Å². The molecule has 2 rings (SSSR count). The third-order valence-corrected chi connectivity index (χ3v) is 4.41. The van der Waals surface area contributed by atoms with Crippen LogP contribution in [0.5, 0.6) is 0 Å². The van der Waals surface area contributed by atoms with Crippen LogP contribution in [0.25, 0.3) is 0 Å². The van der Waals surface area contributed by atoms with E-state index >= 15 is 0 Å². The topological polar surface area (TPSA) is 37.4 Å². The van der Waals surface area contributed by atoms with Crippen molar-refractivity contribution in [2.75, 3.05) is 13.1 Å². The fourth-order valence-electron chi connectivity index (χ4n) is 2.97. The Morgan fingerprint density at radius 3 is 2.27 bits per heavy atom. The minimum absolute atomic E-state index is 0.0156. The summed E-state index contributed by atoms with van der Waals surface area (Å²) in [6, 6.07) is 7.37. The summed E-state index contributed by atoms with van der Waals surface area (Å²) in [6.07, 6.45) is -2.45. The van der Waals surface area contributed by atoms with Gasteiger partial charge in [0.15, 0.2) is 5.78 Å². The van der Waals surface area contributed by atoms with Gasteiger partial charge in [-0.3, -0.25) is 9.59 Å². The highest BCUT2D eigenvalue weighted by molar-refractivity contribution is 5.98. The zero-order chi connectivity index (χ0) is 19.3. The number of hydrogen-bond acceptors (Lipinski definition) is 2. The Labute approximate surface area is 151 Å². The van der Waals surface area contributed by atoms with E-state index in [1.807, 2.05) is 12.1 Å². The van der Waals surface area contributed by atoms with Crippen molar-refractivity contribution in [3.05, 3.63) is 47.0 Å². The van der Waals surface area contributed by atoms with Crippen molar-refractivity contribution >= 4 is 11.7 Å². The minimum Gasteiger partial charge on any atom is -0.339 e. The molecule has 0 saturated heterocycles. The fraction of sp³-hybridized carbons (Fsp3) is 0.500. The van der Waals surface area contributed by atoms with E-state index in [0.29, 0.717) is 11.5 Å². The summed E-state index contributed by atoms with van der Waals surface area (Å²) in [7, 11) is 0. The smallest absolute Gasteiger partial charge is 0.339 e. The molecule has 0 saturated carbocycles. The van der Waals surface area contributed by atoms with Gasteiger partial charge in [0.25, 0.3) is 0 Å². The molecule has 0 N–H and O–H groups in total. The Morgan fingerprint density at radius 1 is 1.12 bits per heavy atom. The van der Waals surface area contributed by atoms with Crippen LogP contribution in [0.1, 0.15) is 49.0 Å². The van der Waals surface area contributed by atoms with E-state index in [1.54, 1.807) is 12.1 Å². The Hall–Kier alpha value is -2.11. The van der Waals surface area contributed by atoms with Gasteiger partial charge in [0.2, 0.25) is 5.91 Å². The van der Waals surface area contributed by atoms with Crippen LogP contribution in [-0.4, -0.2) is 35.9 Å². The molecule has 1 heterocycles. The molecule has 1 aromatic rings. The minimum atomic E-state index is -4.33. The van der Waals surface area contributed by atoms with Crippen LogP contribution in [0.4, 0.5) is 13.2 Å². The molecule has 0 bridgehead atoms. The molecule has 142 valence electrons. The fourth-order valence-corrected chi connectivity index (χ4v) is 2.97. The third kappa shape index (κ3) is 5.71. The summed E-state index contributed by atoms with van der Waals surface area (Å²) in [4.78, 5) is 25.7. The Kier molecular flexibility index (Phi) is 6.62. The number of carbonyl (C=O) groups is 2. The lowest BCUT2D eigenvalue weighted by Gasteiger charge is -2.27. The Balaban J connectivity index is 1.84. The Bertz CT molecular complexity index is 675. The number of alkyl halides is 3. The lowest BCUT2D eigenvalue weighted by atomic mass is 9.99. The molecule has 0 radical (unpaired) electrons. The highest BCUT2D eigenvalue weighted by Crippen LogP contribution is 2.30. The Morgan fingerprint density at radius 2 is 1.77 bits per heavy atom. The van der Waals surface area contributed by atoms with E-state index in [0.717, 1.165) is 18.1 Å². The molecule has 0 aromatic heterocycles. The van der Waals surface area contributed by atoms with Crippen molar-refractivity contribution in [3.8, 4) is 0 Å². The molecule has 3 nitrogen and oxygen atoms in total. The summed E-state index contributed by atoms with van der Waals surface area (Å²) in [6.45, 7) is 4.24. The van der Waals surface area contributed by atoms with Gasteiger partial charge in [-0.1, -0.05) is 44.2 Å². The molecule has 1 aromatic carbocycles. The number of carbonyl (C=O) groups excluding carboxylic acids is 2. The van der Waals surface area contributed by atoms with Crippen molar-refractivity contribution in [2.45, 2.75) is 45.7 Å². The lowest BCUT2D eigenvalue weighted by Crippen LogP contribution is -2.36. The first kappa shape index (κ1) is 20.2. The average molecular weight is 367 g/mol. The quantitative estimate of drug-likeness (QED) is 0.546. The molecule has 6 heteroatoms. The van der Waals surface area contributed by atoms with Crippen LogP contribution in [0.2, 0.25) is 0 Å². The number of ketones is 1. The van der Waals surface area contributed by atoms with E-state index in [4.69, 9.17) is 0 Å². The number of benzene rings is 1. The SMILES string of the molecule is CC(C)Cc1ccc(C(=O)CCC(=O)N2CC=C(C(F)(F)F)CC2)cc1. The molecule has 0 fully saturated rings. The predicted molar refractivity (Wildman–Crippen MR) is 93.9 cm³/mol. The first-order valence-corrected chi connectivity index (χ1v) is 8.83. The van der Waals surface area contributed by atoms with E-state index in [-0.39, 0.29) is 44.0 Å². The number of hydrogen-bond donors (Lipinski definition) is 0. The second kappa shape index (κ2) is 8.52. The largest absolute Gasteiger partial charge is 0.412 e. The molecule has 26 heavy (non-hydrogen) atoms. The zero-order valence-corrected chi connectivity index (χ0v) is 15.1. The standard InChI is InChI=1S/C20H24F3NO2/c1-14(2)13-15-3-5-16(6-4-15)18(25)7-8-19(26)24-11-9-17(10-12-24)20(21,22)23/h3-6,9,14H,7-8,10-13H2,1-2H3. The second-order valence-corrected chi connectivity index (χ2v) is 7.03. The van der Waals surface area contributed by atoms with E-state index in [9.17, 15) is 22.8 Å². The molecular formula is C20H24F3NO2. The van der Waals surface area contributed by atoms with Crippen LogP contribution in [0.3, 0.4) is 0 Å². The molecule has 0 aliphatic carbocycles. The predicted octanol–water partition coefficient (Wildman–Crippen LogP) is 4.57. The lowest BCUT2D eigenvalue weighted by molar-refractivity contribution is -0.132. The van der Waals surface area contributed by atoms with Gasteiger partial charge in [-0.2, -0.15) is 13.2 Å². The highest BCUT2D eigenvalue weighted by atomic mass is 19.4. The average Bonchev–Trinajstić information content (AvgIpc) is 2.59. The summed E-state index contributed by atoms with van der Waals surface area (Å²) in [5, 5.41) is 0. The first-order valence-electron chi connectivity index (χ1n) is 8.83. The molecule has 0 unspecified atom stereocenters. The van der Waals surface area contributed by atoms with Crippen LogP contribution in [0.15, 0.2) is 35.9 Å². The van der Waals surface area contributed by atoms with Gasteiger partial charge in [0.1, 0.15) is 0 Å². The maximum Gasteiger partial charge on any atom is 0.412 e. The second-order valence-electron chi connectivity index (χ2n) is 7.03. The van der Waals surface area contributed by atoms with Crippen molar-refractivity contribution < 1.29 is 22.8 Å². The van der Waals surface area contributed by atoms with E-state index < -0.39 is 11.7 Å². The number of Topliss-reactive ketones (excluding diaryl/α,β-unsaturated/α-hetero) is 1. The van der Waals surface area contributed by atoms with Gasteiger partial charge in [0, 0.05) is 37.1 Å². The maximum atomic E-state index is 12.6. The van der Waals surface area contributed by atoms with Crippen molar-refractivity contribution in [1.29, 1.82) is 0 Å². The summed E-state index contributed by atoms with van der Waals surface area (Å²) in [5.41, 5.74) is 1.13. The number of halogens is 3. The maximum absolute atomic E-state index is 12.6. The molecule has 1 amide bonds. The van der Waals surface area contributed by atoms with Gasteiger partial charge < -0.3 is 4.90 Å². The van der Waals surface area contributed by atoms with Gasteiger partial charge in [-0.05, 0) is 24.3 Å². The van der Waals surface area contributed by atoms with Gasteiger partial charge in [-0.25, -0.2) is 0 Å². The van der Waals surface area contributed by atoms with Crippen LogP contribution < -0.4 is 0 Å². The zero-order valence-electron chi connectivity index (χ0n) is 15.1. The number of amides is 1. The number of rotatable bonds is 6. The van der Waals surface area contributed by atoms with Crippen molar-refractivity contribution in [2.24, 2.45) is 5.92 Å². The van der Waals surface area contributed by atoms with E-state index in [2.05, 4.69) is 13.8 Å². The van der Waals surface area contributed by atoms with Crippen LogP contribution in [0, 0.1) is 5.92 Å². The summed E-state index contributed by atoms with van der Waals surface area (Å²) < 4.78 is 37.8. The van der Waals surface area contributed by atoms with Crippen LogP contribution >= 0.6 is 0 Å². The molecule has 0 atom stereocenters. The first-order chi connectivity index (χ1) is 12.2. The van der Waals surface area contributed by atoms with E-state index in [1.165, 1.54) is 4.90 Å². The van der Waals surface area contributed by atoms with Crippen LogP contribution in [-0.2, 0) is 11.2 Å². The normalized spacial score (nSPS) is 15.2. The van der Waals surface area contributed by atoms with Gasteiger partial charge in [-0.15, -0.1) is 0 Å². The summed E-state index contributed by atoms with van der Waals surface area (Å²) >= 11 is 0. The summed E-state index contributed by atoms with van der Waals surface area (Å²) in [5.74, 6) is 0.121. The third-order valence-electron chi connectivity index (χ3n) is 4.41. The molecule has 1 aliphatic heterocycles. The number of nitrogens with zero attached hydrogens (tertiary/aromatic N) is 1. The molecule has 0 spiro atoms. The molecular weight excluding hydrogens is 343 g/mol. The van der Waals surface area contributed by atoms with Gasteiger partial charge in [0.05, 0.1) is 0 Å². The highest BCUT2D eigenvalue weighted by Gasteiger charge is 2.35. The molecule has 1 aliphatic rings. The van der Waals surface area contributed by atoms with Gasteiger partial charge >= 0.3 is 6.18 Å².